The van der Waals surface area contributed by atoms with Crippen molar-refractivity contribution in [3.05, 3.63) is 16.1 Å². The Morgan fingerprint density at radius 1 is 1.29 bits per heavy atom. The van der Waals surface area contributed by atoms with E-state index in [1.54, 1.807) is 0 Å². The Kier molecular flexibility index (Phi) is 3.23. The number of imidazole rings is 1. The molecular weight excluding hydrogens is 282 g/mol. The van der Waals surface area contributed by atoms with Crippen LogP contribution in [-0.2, 0) is 11.2 Å². The van der Waals surface area contributed by atoms with Crippen LogP contribution < -0.4 is 5.73 Å². The first-order valence-electron chi connectivity index (χ1n) is 6.37. The van der Waals surface area contributed by atoms with Gasteiger partial charge < -0.3 is 15.0 Å². The van der Waals surface area contributed by atoms with Crippen LogP contribution in [0.3, 0.4) is 0 Å². The molecule has 17 heavy (non-hydrogen) atoms. The molecule has 94 valence electrons. The fourth-order valence-electron chi connectivity index (χ4n) is 2.90. The average molecular weight is 300 g/mol. The third-order valence-corrected chi connectivity index (χ3v) is 4.46. The molecule has 2 N–H and O–H groups in total. The highest BCUT2D eigenvalue weighted by atomic mass is 79.9. The van der Waals surface area contributed by atoms with Gasteiger partial charge in [-0.1, -0.05) is 0 Å². The summed E-state index contributed by atoms with van der Waals surface area (Å²) in [5.74, 6) is 1.68. The standard InChI is InChI=1S/C12H18BrN3O/c13-11-9-2-1-3-10(14)16(9)12(15-11)8-4-6-17-7-5-8/h8,10H,1-7,14H2. The Morgan fingerprint density at radius 3 is 2.82 bits per heavy atom. The number of fused-ring (bicyclic) bond motifs is 1. The Hall–Kier alpha value is -0.390. The number of rotatable bonds is 1. The summed E-state index contributed by atoms with van der Waals surface area (Å²) in [6.45, 7) is 1.69. The van der Waals surface area contributed by atoms with Gasteiger partial charge in [0.1, 0.15) is 10.4 Å². The molecule has 2 aliphatic heterocycles. The first-order valence-corrected chi connectivity index (χ1v) is 7.16. The molecule has 1 aromatic rings. The highest BCUT2D eigenvalue weighted by Gasteiger charge is 2.28. The monoisotopic (exact) mass is 299 g/mol. The number of nitrogens with two attached hydrogens (primary N) is 1. The fraction of sp³-hybridized carbons (Fsp3) is 0.750. The lowest BCUT2D eigenvalue weighted by atomic mass is 9.98. The highest BCUT2D eigenvalue weighted by Crippen LogP contribution is 2.35. The summed E-state index contributed by atoms with van der Waals surface area (Å²) in [4.78, 5) is 4.71. The minimum Gasteiger partial charge on any atom is -0.381 e. The summed E-state index contributed by atoms with van der Waals surface area (Å²) in [5.41, 5.74) is 7.52. The number of halogens is 1. The molecule has 3 heterocycles. The molecule has 1 saturated heterocycles. The lowest BCUT2D eigenvalue weighted by Gasteiger charge is -2.28. The van der Waals surface area contributed by atoms with Crippen LogP contribution in [0.15, 0.2) is 4.60 Å². The maximum absolute atomic E-state index is 6.24. The lowest BCUT2D eigenvalue weighted by molar-refractivity contribution is 0.0822. The summed E-state index contributed by atoms with van der Waals surface area (Å²) >= 11 is 3.58. The van der Waals surface area contributed by atoms with E-state index in [-0.39, 0.29) is 6.17 Å². The van der Waals surface area contributed by atoms with Gasteiger partial charge in [0.15, 0.2) is 0 Å². The van der Waals surface area contributed by atoms with Gasteiger partial charge in [-0.05, 0) is 48.0 Å². The second-order valence-corrected chi connectivity index (χ2v) is 5.67. The van der Waals surface area contributed by atoms with E-state index < -0.39 is 0 Å². The number of hydrogen-bond donors (Lipinski definition) is 1. The molecule has 1 fully saturated rings. The van der Waals surface area contributed by atoms with E-state index in [2.05, 4.69) is 20.5 Å². The van der Waals surface area contributed by atoms with E-state index in [9.17, 15) is 0 Å². The molecule has 2 aliphatic rings. The molecule has 0 radical (unpaired) electrons. The van der Waals surface area contributed by atoms with E-state index in [0.29, 0.717) is 5.92 Å². The summed E-state index contributed by atoms with van der Waals surface area (Å²) in [5, 5.41) is 0. The molecule has 3 rings (SSSR count). The molecule has 0 amide bonds. The Labute approximate surface area is 110 Å². The van der Waals surface area contributed by atoms with Crippen LogP contribution in [0.4, 0.5) is 0 Å². The largest absolute Gasteiger partial charge is 0.381 e. The zero-order valence-corrected chi connectivity index (χ0v) is 11.4. The second-order valence-electron chi connectivity index (χ2n) is 4.92. The third-order valence-electron chi connectivity index (χ3n) is 3.82. The van der Waals surface area contributed by atoms with E-state index >= 15 is 0 Å². The summed E-state index contributed by atoms with van der Waals surface area (Å²) in [6, 6.07) is 0. The Balaban J connectivity index is 1.98. The van der Waals surface area contributed by atoms with Crippen molar-refractivity contribution in [2.75, 3.05) is 13.2 Å². The summed E-state index contributed by atoms with van der Waals surface area (Å²) in [7, 11) is 0. The van der Waals surface area contributed by atoms with Crippen molar-refractivity contribution in [2.45, 2.75) is 44.2 Å². The van der Waals surface area contributed by atoms with E-state index in [1.807, 2.05) is 0 Å². The topological polar surface area (TPSA) is 53.1 Å². The molecule has 1 unspecified atom stereocenters. The van der Waals surface area contributed by atoms with Gasteiger partial charge in [0.2, 0.25) is 0 Å². The normalized spacial score (nSPS) is 25.9. The van der Waals surface area contributed by atoms with Crippen LogP contribution in [0.2, 0.25) is 0 Å². The van der Waals surface area contributed by atoms with Gasteiger partial charge >= 0.3 is 0 Å². The minimum atomic E-state index is 0.107. The van der Waals surface area contributed by atoms with Crippen molar-refractivity contribution in [1.82, 2.24) is 9.55 Å². The predicted molar refractivity (Wildman–Crippen MR) is 68.9 cm³/mol. The lowest BCUT2D eigenvalue weighted by Crippen LogP contribution is -2.28. The molecule has 1 atom stereocenters. The third kappa shape index (κ3) is 2.04. The van der Waals surface area contributed by atoms with Gasteiger partial charge in [-0.2, -0.15) is 0 Å². The first kappa shape index (κ1) is 11.7. The molecule has 0 saturated carbocycles. The van der Waals surface area contributed by atoms with Gasteiger partial charge in [0.05, 0.1) is 11.9 Å². The van der Waals surface area contributed by atoms with E-state index in [1.165, 1.54) is 17.9 Å². The molecule has 1 aromatic heterocycles. The number of hydrogen-bond acceptors (Lipinski definition) is 3. The molecule has 5 heteroatoms. The van der Waals surface area contributed by atoms with Crippen molar-refractivity contribution in [3.63, 3.8) is 0 Å². The molecule has 4 nitrogen and oxygen atoms in total. The Bertz CT molecular complexity index is 412. The zero-order valence-electron chi connectivity index (χ0n) is 9.86. The highest BCUT2D eigenvalue weighted by molar-refractivity contribution is 9.10. The van der Waals surface area contributed by atoms with Crippen molar-refractivity contribution in [1.29, 1.82) is 0 Å². The van der Waals surface area contributed by atoms with Gasteiger partial charge in [-0.15, -0.1) is 0 Å². The number of ether oxygens (including phenoxy) is 1. The Morgan fingerprint density at radius 2 is 2.06 bits per heavy atom. The number of aromatic nitrogens is 2. The minimum absolute atomic E-state index is 0.107. The van der Waals surface area contributed by atoms with Crippen LogP contribution in [0.5, 0.6) is 0 Å². The van der Waals surface area contributed by atoms with Crippen LogP contribution in [0, 0.1) is 0 Å². The molecule has 0 spiro atoms. The maximum Gasteiger partial charge on any atom is 0.127 e. The van der Waals surface area contributed by atoms with Crippen LogP contribution >= 0.6 is 15.9 Å². The van der Waals surface area contributed by atoms with E-state index in [4.69, 9.17) is 15.5 Å². The maximum atomic E-state index is 6.24. The average Bonchev–Trinajstić information content (AvgIpc) is 2.70. The summed E-state index contributed by atoms with van der Waals surface area (Å²) < 4.78 is 8.68. The van der Waals surface area contributed by atoms with Gasteiger partial charge in [-0.25, -0.2) is 4.98 Å². The number of nitrogens with zero attached hydrogens (tertiary/aromatic N) is 2. The van der Waals surface area contributed by atoms with Crippen molar-refractivity contribution >= 4 is 15.9 Å². The van der Waals surface area contributed by atoms with Crippen LogP contribution in [-0.4, -0.2) is 22.8 Å². The molecule has 0 aliphatic carbocycles. The smallest absolute Gasteiger partial charge is 0.127 e. The van der Waals surface area contributed by atoms with Gasteiger partial charge in [0.25, 0.3) is 0 Å². The van der Waals surface area contributed by atoms with Crippen LogP contribution in [0.1, 0.15) is 49.3 Å². The predicted octanol–water partition coefficient (Wildman–Crippen LogP) is 2.33. The second kappa shape index (κ2) is 4.71. The summed E-state index contributed by atoms with van der Waals surface area (Å²) in [6.07, 6.45) is 5.55. The van der Waals surface area contributed by atoms with Crippen molar-refractivity contribution in [3.8, 4) is 0 Å². The fourth-order valence-corrected chi connectivity index (χ4v) is 3.47. The van der Waals surface area contributed by atoms with Crippen molar-refractivity contribution < 1.29 is 4.74 Å². The molecular formula is C12H18BrN3O. The van der Waals surface area contributed by atoms with Gasteiger partial charge in [-0.3, -0.25) is 0 Å². The quantitative estimate of drug-likeness (QED) is 0.866. The van der Waals surface area contributed by atoms with E-state index in [0.717, 1.165) is 43.5 Å². The van der Waals surface area contributed by atoms with Crippen molar-refractivity contribution in [2.24, 2.45) is 5.73 Å². The molecule has 0 bridgehead atoms. The van der Waals surface area contributed by atoms with Gasteiger partial charge in [0, 0.05) is 19.1 Å². The SMILES string of the molecule is NC1CCCc2c(Br)nc(C3CCOCC3)n21. The zero-order chi connectivity index (χ0) is 11.8. The van der Waals surface area contributed by atoms with Crippen LogP contribution in [0.25, 0.3) is 0 Å². The molecule has 0 aromatic carbocycles. The first-order chi connectivity index (χ1) is 8.27.